The standard InChI is InChI=1S/C19H19F3N2O5S/c1-3-13-8-14(17(30-13)24-15(25)9-23-10(2)18(27)28)16(26)11-4-6-12(7-5-11)29-19(20,21)22/h4-8,10,23H,3,9H2,1-2H3,(H,24,25)(H,27,28)/t10-/m1/s1. The first-order chi connectivity index (χ1) is 14.0. The second kappa shape index (κ2) is 9.72. The molecule has 7 nitrogen and oxygen atoms in total. The van der Waals surface area contributed by atoms with Crippen LogP contribution in [0.2, 0.25) is 0 Å². The Kier molecular flexibility index (Phi) is 7.57. The number of thiophene rings is 1. The number of halogens is 3. The molecule has 11 heteroatoms. The smallest absolute Gasteiger partial charge is 0.480 e. The van der Waals surface area contributed by atoms with Gasteiger partial charge in [-0.2, -0.15) is 0 Å². The fraction of sp³-hybridized carbons (Fsp3) is 0.316. The molecule has 3 N–H and O–H groups in total. The third-order valence-electron chi connectivity index (χ3n) is 3.92. The van der Waals surface area contributed by atoms with Gasteiger partial charge in [-0.15, -0.1) is 24.5 Å². The van der Waals surface area contributed by atoms with Crippen LogP contribution in [0.15, 0.2) is 30.3 Å². The highest BCUT2D eigenvalue weighted by atomic mass is 32.1. The van der Waals surface area contributed by atoms with Gasteiger partial charge < -0.3 is 15.2 Å². The number of carboxylic acids is 1. The van der Waals surface area contributed by atoms with Crippen molar-refractivity contribution in [3.8, 4) is 5.75 Å². The molecule has 0 saturated carbocycles. The molecule has 1 amide bonds. The zero-order valence-corrected chi connectivity index (χ0v) is 16.8. The average Bonchev–Trinajstić information content (AvgIpc) is 3.07. The van der Waals surface area contributed by atoms with Crippen molar-refractivity contribution < 1.29 is 37.4 Å². The number of alkyl halides is 3. The van der Waals surface area contributed by atoms with Gasteiger partial charge in [-0.25, -0.2) is 0 Å². The molecule has 0 aliphatic heterocycles. The molecule has 1 atom stereocenters. The van der Waals surface area contributed by atoms with Gasteiger partial charge in [0.05, 0.1) is 12.1 Å². The Bertz CT molecular complexity index is 925. The maximum atomic E-state index is 12.8. The highest BCUT2D eigenvalue weighted by molar-refractivity contribution is 7.16. The van der Waals surface area contributed by atoms with Gasteiger partial charge >= 0.3 is 12.3 Å². The summed E-state index contributed by atoms with van der Waals surface area (Å²) in [5, 5.41) is 14.2. The number of carboxylic acid groups (broad SMARTS) is 1. The zero-order valence-electron chi connectivity index (χ0n) is 16.0. The molecule has 2 aromatic rings. The number of hydrogen-bond acceptors (Lipinski definition) is 6. The summed E-state index contributed by atoms with van der Waals surface area (Å²) in [6.45, 7) is 2.98. The summed E-state index contributed by atoms with van der Waals surface area (Å²) in [5.41, 5.74) is 0.319. The van der Waals surface area contributed by atoms with Gasteiger partial charge in [0.1, 0.15) is 16.8 Å². The van der Waals surface area contributed by atoms with Crippen LogP contribution in [0.4, 0.5) is 18.2 Å². The lowest BCUT2D eigenvalue weighted by atomic mass is 10.0. The Hall–Kier alpha value is -2.92. The predicted molar refractivity (Wildman–Crippen MR) is 104 cm³/mol. The summed E-state index contributed by atoms with van der Waals surface area (Å²) < 4.78 is 40.6. The number of hydrogen-bond donors (Lipinski definition) is 3. The fourth-order valence-corrected chi connectivity index (χ4v) is 3.35. The second-order valence-corrected chi connectivity index (χ2v) is 7.34. The molecule has 0 saturated heterocycles. The van der Waals surface area contributed by atoms with Crippen molar-refractivity contribution in [3.05, 3.63) is 46.3 Å². The first-order valence-electron chi connectivity index (χ1n) is 8.79. The predicted octanol–water partition coefficient (Wildman–Crippen LogP) is 3.44. The molecule has 0 aliphatic rings. The van der Waals surface area contributed by atoms with Crippen molar-refractivity contribution in [1.29, 1.82) is 0 Å². The minimum absolute atomic E-state index is 0.123. The van der Waals surface area contributed by atoms with Crippen molar-refractivity contribution in [1.82, 2.24) is 5.32 Å². The summed E-state index contributed by atoms with van der Waals surface area (Å²) >= 11 is 1.19. The fourth-order valence-electron chi connectivity index (χ4n) is 2.35. The summed E-state index contributed by atoms with van der Waals surface area (Å²) in [4.78, 5) is 36.6. The molecular weight excluding hydrogens is 425 g/mol. The Balaban J connectivity index is 2.16. The third-order valence-corrected chi connectivity index (χ3v) is 5.11. The van der Waals surface area contributed by atoms with E-state index in [4.69, 9.17) is 5.11 Å². The largest absolute Gasteiger partial charge is 0.573 e. The molecule has 0 bridgehead atoms. The minimum Gasteiger partial charge on any atom is -0.480 e. The molecule has 0 unspecified atom stereocenters. The number of ether oxygens (including phenoxy) is 1. The third kappa shape index (κ3) is 6.56. The summed E-state index contributed by atoms with van der Waals surface area (Å²) in [7, 11) is 0. The highest BCUT2D eigenvalue weighted by Gasteiger charge is 2.31. The quantitative estimate of drug-likeness (QED) is 0.512. The lowest BCUT2D eigenvalue weighted by Crippen LogP contribution is -2.39. The maximum absolute atomic E-state index is 12.8. The van der Waals surface area contributed by atoms with Crippen LogP contribution < -0.4 is 15.4 Å². The van der Waals surface area contributed by atoms with Crippen LogP contribution in [0.1, 0.15) is 34.6 Å². The van der Waals surface area contributed by atoms with Crippen LogP contribution in [0.5, 0.6) is 5.75 Å². The number of amides is 1. The van der Waals surface area contributed by atoms with Gasteiger partial charge in [0.2, 0.25) is 5.91 Å². The highest BCUT2D eigenvalue weighted by Crippen LogP contribution is 2.31. The first kappa shape index (κ1) is 23.4. The van der Waals surface area contributed by atoms with Crippen molar-refractivity contribution in [2.45, 2.75) is 32.7 Å². The molecule has 1 heterocycles. The van der Waals surface area contributed by atoms with Gasteiger partial charge in [-0.1, -0.05) is 6.92 Å². The van der Waals surface area contributed by atoms with Crippen LogP contribution in [-0.2, 0) is 16.0 Å². The summed E-state index contributed by atoms with van der Waals surface area (Å²) in [5.74, 6) is -2.57. The van der Waals surface area contributed by atoms with Crippen LogP contribution >= 0.6 is 11.3 Å². The van der Waals surface area contributed by atoms with E-state index in [1.807, 2.05) is 6.92 Å². The van der Waals surface area contributed by atoms with Crippen molar-refractivity contribution >= 4 is 34.0 Å². The van der Waals surface area contributed by atoms with Crippen LogP contribution in [0.25, 0.3) is 0 Å². The van der Waals surface area contributed by atoms with Gasteiger partial charge in [0.15, 0.2) is 5.78 Å². The van der Waals surface area contributed by atoms with Gasteiger partial charge in [-0.3, -0.25) is 19.7 Å². The summed E-state index contributed by atoms with van der Waals surface area (Å²) in [6.07, 6.45) is -4.23. The molecule has 0 aliphatic carbocycles. The Morgan fingerprint density at radius 1 is 1.20 bits per heavy atom. The van der Waals surface area contributed by atoms with E-state index in [9.17, 15) is 27.6 Å². The van der Waals surface area contributed by atoms with Crippen LogP contribution in [0, 0.1) is 0 Å². The molecule has 162 valence electrons. The number of nitrogens with one attached hydrogen (secondary N) is 2. The van der Waals surface area contributed by atoms with Crippen molar-refractivity contribution in [2.75, 3.05) is 11.9 Å². The van der Waals surface area contributed by atoms with Gasteiger partial charge in [-0.05, 0) is 43.7 Å². The minimum atomic E-state index is -4.83. The lowest BCUT2D eigenvalue weighted by Gasteiger charge is -2.10. The van der Waals surface area contributed by atoms with Crippen molar-refractivity contribution in [2.24, 2.45) is 0 Å². The van der Waals surface area contributed by atoms with E-state index in [0.29, 0.717) is 6.42 Å². The second-order valence-electron chi connectivity index (χ2n) is 6.20. The number of carbonyl (C=O) groups is 3. The molecule has 0 radical (unpaired) electrons. The van der Waals surface area contributed by atoms with Crippen molar-refractivity contribution in [3.63, 3.8) is 0 Å². The van der Waals surface area contributed by atoms with E-state index >= 15 is 0 Å². The van der Waals surface area contributed by atoms with E-state index in [1.54, 1.807) is 6.07 Å². The van der Waals surface area contributed by atoms with E-state index in [1.165, 1.54) is 30.4 Å². The molecule has 2 rings (SSSR count). The normalized spacial score (nSPS) is 12.3. The number of rotatable bonds is 9. The Morgan fingerprint density at radius 2 is 1.83 bits per heavy atom. The zero-order chi connectivity index (χ0) is 22.5. The number of aliphatic carboxylic acids is 1. The monoisotopic (exact) mass is 444 g/mol. The SMILES string of the molecule is CCc1cc(C(=O)c2ccc(OC(F)(F)F)cc2)c(NC(=O)CN[C@H](C)C(=O)O)s1. The Labute approximate surface area is 173 Å². The lowest BCUT2D eigenvalue weighted by molar-refractivity contribution is -0.274. The number of benzene rings is 1. The maximum Gasteiger partial charge on any atom is 0.573 e. The first-order valence-corrected chi connectivity index (χ1v) is 9.61. The number of carbonyl (C=O) groups excluding carboxylic acids is 2. The number of anilines is 1. The summed E-state index contributed by atoms with van der Waals surface area (Å²) in [6, 6.07) is 5.15. The number of ketones is 1. The van der Waals surface area contributed by atoms with E-state index in [0.717, 1.165) is 17.0 Å². The van der Waals surface area contributed by atoms with E-state index in [-0.39, 0.29) is 22.7 Å². The van der Waals surface area contributed by atoms with Gasteiger partial charge in [0.25, 0.3) is 0 Å². The van der Waals surface area contributed by atoms with Crippen LogP contribution in [0.3, 0.4) is 0 Å². The molecule has 0 fully saturated rings. The molecule has 1 aromatic carbocycles. The molecular formula is C19H19F3N2O5S. The van der Waals surface area contributed by atoms with E-state index < -0.39 is 35.8 Å². The molecule has 1 aromatic heterocycles. The van der Waals surface area contributed by atoms with Gasteiger partial charge in [0, 0.05) is 10.4 Å². The topological polar surface area (TPSA) is 105 Å². The number of aryl methyl sites for hydroxylation is 1. The average molecular weight is 444 g/mol. The van der Waals surface area contributed by atoms with Crippen LogP contribution in [-0.4, -0.2) is 41.7 Å². The Morgan fingerprint density at radius 3 is 2.37 bits per heavy atom. The molecule has 30 heavy (non-hydrogen) atoms. The molecule has 0 spiro atoms. The van der Waals surface area contributed by atoms with E-state index in [2.05, 4.69) is 15.4 Å².